The number of carbonyl (C=O) groups is 1. The highest BCUT2D eigenvalue weighted by Gasteiger charge is 2.07. The van der Waals surface area contributed by atoms with Gasteiger partial charge in [0.25, 0.3) is 5.91 Å². The van der Waals surface area contributed by atoms with Gasteiger partial charge in [-0.25, -0.2) is 0 Å². The summed E-state index contributed by atoms with van der Waals surface area (Å²) in [4.78, 5) is 12.1. The molecule has 24 heavy (non-hydrogen) atoms. The molecule has 0 saturated heterocycles. The molecule has 126 valence electrons. The van der Waals surface area contributed by atoms with Crippen LogP contribution in [0.2, 0.25) is 0 Å². The molecule has 0 bridgehead atoms. The van der Waals surface area contributed by atoms with Crippen molar-refractivity contribution in [3.8, 4) is 5.75 Å². The summed E-state index contributed by atoms with van der Waals surface area (Å²) in [5.41, 5.74) is 2.68. The molecule has 4 nitrogen and oxygen atoms in total. The van der Waals surface area contributed by atoms with Crippen molar-refractivity contribution >= 4 is 23.2 Å². The van der Waals surface area contributed by atoms with Crippen LogP contribution in [0.25, 0.3) is 0 Å². The van der Waals surface area contributed by atoms with Gasteiger partial charge in [0.2, 0.25) is 0 Å². The van der Waals surface area contributed by atoms with E-state index in [-0.39, 0.29) is 12.0 Å². The van der Waals surface area contributed by atoms with Gasteiger partial charge in [-0.05, 0) is 62.8 Å². The smallest absolute Gasteiger partial charge is 0.257 e. The SMILES string of the molecule is Cc1cccc(C(=O)NC(=S)NCc2ccc(OC(C)C)cc2)c1. The minimum absolute atomic E-state index is 0.151. The molecule has 2 N–H and O–H groups in total. The summed E-state index contributed by atoms with van der Waals surface area (Å²) in [6.07, 6.45) is 0.151. The Labute approximate surface area is 148 Å². The molecular weight excluding hydrogens is 320 g/mol. The molecule has 0 unspecified atom stereocenters. The first-order valence-electron chi connectivity index (χ1n) is 7.85. The summed E-state index contributed by atoms with van der Waals surface area (Å²) in [6, 6.07) is 15.2. The second kappa shape index (κ2) is 8.45. The van der Waals surface area contributed by atoms with E-state index < -0.39 is 0 Å². The first-order chi connectivity index (χ1) is 11.4. The van der Waals surface area contributed by atoms with Gasteiger partial charge in [-0.3, -0.25) is 10.1 Å². The predicted molar refractivity (Wildman–Crippen MR) is 100 cm³/mol. The molecule has 0 fully saturated rings. The molecule has 0 aliphatic heterocycles. The van der Waals surface area contributed by atoms with Gasteiger partial charge in [-0.15, -0.1) is 0 Å². The van der Waals surface area contributed by atoms with E-state index in [1.807, 2.05) is 63.2 Å². The summed E-state index contributed by atoms with van der Waals surface area (Å²) in [5.74, 6) is 0.626. The van der Waals surface area contributed by atoms with Crippen LogP contribution >= 0.6 is 12.2 Å². The lowest BCUT2D eigenvalue weighted by atomic mass is 10.1. The van der Waals surface area contributed by atoms with Crippen LogP contribution in [0.15, 0.2) is 48.5 Å². The number of carbonyl (C=O) groups excluding carboxylic acids is 1. The molecule has 0 spiro atoms. The molecule has 0 saturated carbocycles. The number of ether oxygens (including phenoxy) is 1. The van der Waals surface area contributed by atoms with Crippen molar-refractivity contribution in [2.45, 2.75) is 33.4 Å². The van der Waals surface area contributed by atoms with Gasteiger partial charge in [0.1, 0.15) is 5.75 Å². The van der Waals surface area contributed by atoms with Crippen LogP contribution in [0, 0.1) is 6.92 Å². The summed E-state index contributed by atoms with van der Waals surface area (Å²) >= 11 is 5.18. The highest BCUT2D eigenvalue weighted by molar-refractivity contribution is 7.80. The standard InChI is InChI=1S/C19H22N2O2S/c1-13(2)23-17-9-7-15(8-10-17)12-20-19(24)21-18(22)16-6-4-5-14(3)11-16/h4-11,13H,12H2,1-3H3,(H2,20,21,22,24). The summed E-state index contributed by atoms with van der Waals surface area (Å²) in [7, 11) is 0. The zero-order valence-electron chi connectivity index (χ0n) is 14.1. The number of hydrogen-bond acceptors (Lipinski definition) is 3. The van der Waals surface area contributed by atoms with Crippen LogP contribution in [-0.2, 0) is 6.54 Å². The highest BCUT2D eigenvalue weighted by Crippen LogP contribution is 2.13. The average Bonchev–Trinajstić information content (AvgIpc) is 2.53. The number of rotatable bonds is 5. The quantitative estimate of drug-likeness (QED) is 0.816. The molecule has 0 aliphatic carbocycles. The van der Waals surface area contributed by atoms with Crippen LogP contribution in [0.1, 0.15) is 35.3 Å². The van der Waals surface area contributed by atoms with E-state index >= 15 is 0 Å². The molecule has 2 aromatic carbocycles. The van der Waals surface area contributed by atoms with Crippen molar-refractivity contribution < 1.29 is 9.53 Å². The van der Waals surface area contributed by atoms with E-state index in [1.165, 1.54) is 0 Å². The topological polar surface area (TPSA) is 50.4 Å². The van der Waals surface area contributed by atoms with E-state index in [2.05, 4.69) is 10.6 Å². The Hall–Kier alpha value is -2.40. The zero-order valence-corrected chi connectivity index (χ0v) is 14.9. The molecular formula is C19H22N2O2S. The van der Waals surface area contributed by atoms with Crippen molar-refractivity contribution in [1.82, 2.24) is 10.6 Å². The van der Waals surface area contributed by atoms with Crippen LogP contribution < -0.4 is 15.4 Å². The van der Waals surface area contributed by atoms with Crippen LogP contribution in [0.3, 0.4) is 0 Å². The first kappa shape index (κ1) is 17.9. The van der Waals surface area contributed by atoms with Gasteiger partial charge < -0.3 is 10.1 Å². The number of hydrogen-bond donors (Lipinski definition) is 2. The third kappa shape index (κ3) is 5.66. The van der Waals surface area contributed by atoms with Gasteiger partial charge in [0.05, 0.1) is 6.10 Å². The van der Waals surface area contributed by atoms with E-state index in [9.17, 15) is 4.79 Å². The molecule has 5 heteroatoms. The highest BCUT2D eigenvalue weighted by atomic mass is 32.1. The monoisotopic (exact) mass is 342 g/mol. The lowest BCUT2D eigenvalue weighted by Gasteiger charge is -2.12. The summed E-state index contributed by atoms with van der Waals surface area (Å²) < 4.78 is 5.60. The minimum atomic E-state index is -0.211. The predicted octanol–water partition coefficient (Wildman–Crippen LogP) is 3.59. The van der Waals surface area contributed by atoms with Gasteiger partial charge in [-0.2, -0.15) is 0 Å². The summed E-state index contributed by atoms with van der Waals surface area (Å²) in [5, 5.41) is 6.03. The van der Waals surface area contributed by atoms with E-state index in [4.69, 9.17) is 17.0 Å². The van der Waals surface area contributed by atoms with Crippen LogP contribution in [-0.4, -0.2) is 17.1 Å². The number of aryl methyl sites for hydroxylation is 1. The number of thiocarbonyl (C=S) groups is 1. The lowest BCUT2D eigenvalue weighted by Crippen LogP contribution is -2.38. The Morgan fingerprint density at radius 2 is 1.88 bits per heavy atom. The third-order valence-electron chi connectivity index (χ3n) is 3.26. The van der Waals surface area contributed by atoms with E-state index in [0.717, 1.165) is 16.9 Å². The Bertz CT molecular complexity index is 712. The number of benzene rings is 2. The fourth-order valence-corrected chi connectivity index (χ4v) is 2.31. The fourth-order valence-electron chi connectivity index (χ4n) is 2.15. The molecule has 1 amide bonds. The van der Waals surface area contributed by atoms with E-state index in [0.29, 0.717) is 17.2 Å². The van der Waals surface area contributed by atoms with Gasteiger partial charge in [-0.1, -0.05) is 29.8 Å². The lowest BCUT2D eigenvalue weighted by molar-refractivity contribution is 0.0976. The fraction of sp³-hybridized carbons (Fsp3) is 0.263. The summed E-state index contributed by atoms with van der Waals surface area (Å²) in [6.45, 7) is 6.46. The van der Waals surface area contributed by atoms with Crippen LogP contribution in [0.5, 0.6) is 5.75 Å². The Kier molecular flexibility index (Phi) is 6.32. The maximum atomic E-state index is 12.1. The molecule has 0 aliphatic rings. The first-order valence-corrected chi connectivity index (χ1v) is 8.26. The molecule has 2 aromatic rings. The second-order valence-corrected chi connectivity index (χ2v) is 6.23. The van der Waals surface area contributed by atoms with Gasteiger partial charge in [0.15, 0.2) is 5.11 Å². The van der Waals surface area contributed by atoms with Gasteiger partial charge in [0, 0.05) is 12.1 Å². The zero-order chi connectivity index (χ0) is 17.5. The Balaban J connectivity index is 1.83. The Morgan fingerprint density at radius 1 is 1.17 bits per heavy atom. The van der Waals surface area contributed by atoms with Gasteiger partial charge >= 0.3 is 0 Å². The molecule has 2 rings (SSSR count). The van der Waals surface area contributed by atoms with E-state index in [1.54, 1.807) is 6.07 Å². The van der Waals surface area contributed by atoms with Crippen molar-refractivity contribution in [1.29, 1.82) is 0 Å². The van der Waals surface area contributed by atoms with Crippen molar-refractivity contribution in [3.05, 3.63) is 65.2 Å². The normalized spacial score (nSPS) is 10.3. The molecule has 0 heterocycles. The minimum Gasteiger partial charge on any atom is -0.491 e. The third-order valence-corrected chi connectivity index (χ3v) is 3.50. The molecule has 0 aromatic heterocycles. The maximum absolute atomic E-state index is 12.1. The maximum Gasteiger partial charge on any atom is 0.257 e. The van der Waals surface area contributed by atoms with Crippen molar-refractivity contribution in [2.75, 3.05) is 0 Å². The molecule has 0 radical (unpaired) electrons. The number of nitrogens with one attached hydrogen (secondary N) is 2. The second-order valence-electron chi connectivity index (χ2n) is 5.82. The number of amides is 1. The Morgan fingerprint density at radius 3 is 2.50 bits per heavy atom. The van der Waals surface area contributed by atoms with Crippen molar-refractivity contribution in [3.63, 3.8) is 0 Å². The van der Waals surface area contributed by atoms with Crippen LogP contribution in [0.4, 0.5) is 0 Å². The molecule has 0 atom stereocenters. The largest absolute Gasteiger partial charge is 0.491 e. The van der Waals surface area contributed by atoms with Crippen molar-refractivity contribution in [2.24, 2.45) is 0 Å². The average molecular weight is 342 g/mol.